The Hall–Kier alpha value is -8.46. The Morgan fingerprint density at radius 3 is 1.34 bits per heavy atom. The first-order valence-electron chi connectivity index (χ1n) is 22.0. The van der Waals surface area contributed by atoms with Gasteiger partial charge in [0.15, 0.2) is 0 Å². The van der Waals surface area contributed by atoms with Crippen molar-refractivity contribution in [1.82, 2.24) is 0 Å². The molecule has 0 N–H and O–H groups in total. The minimum atomic E-state index is 0.871. The van der Waals surface area contributed by atoms with Crippen LogP contribution in [0.1, 0.15) is 0 Å². The van der Waals surface area contributed by atoms with Gasteiger partial charge in [0.05, 0.1) is 0 Å². The van der Waals surface area contributed by atoms with Gasteiger partial charge in [-0.25, -0.2) is 0 Å². The second-order valence-corrected chi connectivity index (χ2v) is 17.0. The molecule has 0 atom stereocenters. The van der Waals surface area contributed by atoms with E-state index in [4.69, 9.17) is 8.83 Å². The highest BCUT2D eigenvalue weighted by molar-refractivity contribution is 6.26. The lowest BCUT2D eigenvalue weighted by molar-refractivity contribution is 0.669. The number of furan rings is 2. The van der Waals surface area contributed by atoms with Gasteiger partial charge < -0.3 is 8.83 Å². The van der Waals surface area contributed by atoms with Gasteiger partial charge >= 0.3 is 0 Å². The molecule has 0 spiro atoms. The van der Waals surface area contributed by atoms with E-state index in [-0.39, 0.29) is 0 Å². The van der Waals surface area contributed by atoms with Crippen LogP contribution in [0, 0.1) is 0 Å². The summed E-state index contributed by atoms with van der Waals surface area (Å²) < 4.78 is 13.6. The quantitative estimate of drug-likeness (QED) is 0.166. The molecule has 64 heavy (non-hydrogen) atoms. The van der Waals surface area contributed by atoms with Gasteiger partial charge in [-0.1, -0.05) is 188 Å². The summed E-state index contributed by atoms with van der Waals surface area (Å²) in [6.45, 7) is 0. The minimum Gasteiger partial charge on any atom is -0.456 e. The Morgan fingerprint density at radius 1 is 0.234 bits per heavy atom. The molecule has 2 heterocycles. The first kappa shape index (κ1) is 35.2. The van der Waals surface area contributed by atoms with Crippen molar-refractivity contribution < 1.29 is 8.83 Å². The molecule has 0 bridgehead atoms. The third kappa shape index (κ3) is 5.02. The fraction of sp³-hybridized carbons (Fsp3) is 0. The van der Waals surface area contributed by atoms with Crippen LogP contribution >= 0.6 is 0 Å². The number of hydrogen-bond donors (Lipinski definition) is 0. The van der Waals surface area contributed by atoms with E-state index < -0.39 is 0 Å². The van der Waals surface area contributed by atoms with E-state index in [0.29, 0.717) is 0 Å². The molecule has 14 aromatic rings. The Labute approximate surface area is 367 Å². The Balaban J connectivity index is 0.986. The largest absolute Gasteiger partial charge is 0.456 e. The summed E-state index contributed by atoms with van der Waals surface area (Å²) in [7, 11) is 0. The van der Waals surface area contributed by atoms with E-state index in [2.05, 4.69) is 218 Å². The van der Waals surface area contributed by atoms with Gasteiger partial charge in [0, 0.05) is 32.7 Å². The zero-order valence-electron chi connectivity index (χ0n) is 34.6. The fourth-order valence-corrected chi connectivity index (χ4v) is 10.9. The Kier molecular flexibility index (Phi) is 7.43. The molecule has 0 aliphatic carbocycles. The summed E-state index contributed by atoms with van der Waals surface area (Å²) in [5.74, 6) is 0. The van der Waals surface area contributed by atoms with Crippen molar-refractivity contribution in [1.29, 1.82) is 0 Å². The number of fused-ring (bicyclic) bond motifs is 12. The van der Waals surface area contributed by atoms with Crippen LogP contribution in [0.15, 0.2) is 227 Å². The summed E-state index contributed by atoms with van der Waals surface area (Å²) in [5.41, 5.74) is 13.0. The predicted octanol–water partition coefficient (Wildman–Crippen LogP) is 17.9. The first-order chi connectivity index (χ1) is 31.8. The minimum absolute atomic E-state index is 0.871. The number of benzene rings is 12. The molecule has 2 heteroatoms. The molecule has 2 nitrogen and oxygen atoms in total. The summed E-state index contributed by atoms with van der Waals surface area (Å²) in [5, 5.41) is 16.6. The maximum Gasteiger partial charge on any atom is 0.143 e. The standard InChI is InChI=1S/C62H36O2/c1-2-16-38(17-3-1)57-47-23-10-12-25-49(47)60(50-26-13-11-24-48(50)57)52-28-14-27-51-42-32-29-40(36-56(42)64-62(51)52)59-45-21-8-6-19-43(45)58(44-20-7-9-22-46(44)59)39-31-33-54-53(35-39)61-41-18-5-4-15-37(41)30-34-55(61)63-54/h1-36H. The summed E-state index contributed by atoms with van der Waals surface area (Å²) in [4.78, 5) is 0. The van der Waals surface area contributed by atoms with Gasteiger partial charge in [-0.05, 0) is 118 Å². The summed E-state index contributed by atoms with van der Waals surface area (Å²) >= 11 is 0. The van der Waals surface area contributed by atoms with Crippen molar-refractivity contribution in [2.75, 3.05) is 0 Å². The van der Waals surface area contributed by atoms with Crippen LogP contribution in [0.25, 0.3) is 142 Å². The monoisotopic (exact) mass is 812 g/mol. The van der Waals surface area contributed by atoms with Crippen LogP contribution in [0.4, 0.5) is 0 Å². The van der Waals surface area contributed by atoms with Crippen molar-refractivity contribution in [3.63, 3.8) is 0 Å². The van der Waals surface area contributed by atoms with E-state index >= 15 is 0 Å². The molecule has 0 radical (unpaired) electrons. The van der Waals surface area contributed by atoms with E-state index in [1.165, 1.54) is 87.2 Å². The van der Waals surface area contributed by atoms with E-state index in [1.54, 1.807) is 0 Å². The van der Waals surface area contributed by atoms with Crippen LogP contribution in [0.3, 0.4) is 0 Å². The second-order valence-electron chi connectivity index (χ2n) is 17.0. The van der Waals surface area contributed by atoms with Crippen LogP contribution in [-0.2, 0) is 0 Å². The lowest BCUT2D eigenvalue weighted by Crippen LogP contribution is -1.90. The van der Waals surface area contributed by atoms with E-state index in [1.807, 2.05) is 0 Å². The van der Waals surface area contributed by atoms with Crippen molar-refractivity contribution in [3.8, 4) is 44.5 Å². The molecule has 2 aromatic heterocycles. The third-order valence-corrected chi connectivity index (χ3v) is 13.6. The highest BCUT2D eigenvalue weighted by Gasteiger charge is 2.22. The van der Waals surface area contributed by atoms with E-state index in [9.17, 15) is 0 Å². The van der Waals surface area contributed by atoms with Crippen molar-refractivity contribution >= 4 is 97.7 Å². The predicted molar refractivity (Wildman–Crippen MR) is 270 cm³/mol. The van der Waals surface area contributed by atoms with Crippen LogP contribution in [-0.4, -0.2) is 0 Å². The number of para-hydroxylation sites is 1. The molecular weight excluding hydrogens is 777 g/mol. The van der Waals surface area contributed by atoms with Gasteiger partial charge in [-0.2, -0.15) is 0 Å². The molecule has 0 aliphatic rings. The molecule has 0 unspecified atom stereocenters. The smallest absolute Gasteiger partial charge is 0.143 e. The summed E-state index contributed by atoms with van der Waals surface area (Å²) in [6, 6.07) is 79.1. The molecule has 0 saturated carbocycles. The van der Waals surface area contributed by atoms with Gasteiger partial charge in [0.2, 0.25) is 0 Å². The Morgan fingerprint density at radius 2 is 0.719 bits per heavy atom. The van der Waals surface area contributed by atoms with Crippen molar-refractivity contribution in [2.45, 2.75) is 0 Å². The van der Waals surface area contributed by atoms with Crippen molar-refractivity contribution in [2.24, 2.45) is 0 Å². The van der Waals surface area contributed by atoms with Gasteiger partial charge in [0.1, 0.15) is 22.3 Å². The lowest BCUT2D eigenvalue weighted by Gasteiger charge is -2.17. The topological polar surface area (TPSA) is 26.3 Å². The van der Waals surface area contributed by atoms with Gasteiger partial charge in [-0.3, -0.25) is 0 Å². The SMILES string of the molecule is c1ccc(-c2c3ccccc3c(-c3cccc4c3oc3cc(-c5c6ccccc6c(-c6ccc7oc8ccc9ccccc9c8c7c6)c6ccccc56)ccc34)c3ccccc23)cc1. The van der Waals surface area contributed by atoms with Crippen LogP contribution < -0.4 is 0 Å². The molecule has 0 amide bonds. The average molecular weight is 813 g/mol. The summed E-state index contributed by atoms with van der Waals surface area (Å²) in [6.07, 6.45) is 0. The third-order valence-electron chi connectivity index (χ3n) is 13.6. The zero-order valence-corrected chi connectivity index (χ0v) is 34.6. The van der Waals surface area contributed by atoms with Gasteiger partial charge in [-0.15, -0.1) is 0 Å². The maximum absolute atomic E-state index is 7.12. The fourth-order valence-electron chi connectivity index (χ4n) is 10.9. The normalized spacial score (nSPS) is 12.1. The zero-order chi connectivity index (χ0) is 41.9. The van der Waals surface area contributed by atoms with Crippen LogP contribution in [0.5, 0.6) is 0 Å². The average Bonchev–Trinajstić information content (AvgIpc) is 3.93. The van der Waals surface area contributed by atoms with Gasteiger partial charge in [0.25, 0.3) is 0 Å². The molecular formula is C62H36O2. The number of rotatable bonds is 4. The molecule has 0 aliphatic heterocycles. The van der Waals surface area contributed by atoms with E-state index in [0.717, 1.165) is 55.0 Å². The molecule has 14 rings (SSSR count). The first-order valence-corrected chi connectivity index (χ1v) is 22.0. The molecule has 0 fully saturated rings. The Bertz CT molecular complexity index is 4130. The second kappa shape index (κ2) is 13.5. The lowest BCUT2D eigenvalue weighted by atomic mass is 9.85. The molecule has 296 valence electrons. The van der Waals surface area contributed by atoms with Crippen molar-refractivity contribution in [3.05, 3.63) is 218 Å². The number of hydrogen-bond acceptors (Lipinski definition) is 2. The highest BCUT2D eigenvalue weighted by atomic mass is 16.3. The highest BCUT2D eigenvalue weighted by Crippen LogP contribution is 2.49. The molecule has 0 saturated heterocycles. The maximum atomic E-state index is 7.12. The van der Waals surface area contributed by atoms with Crippen LogP contribution in [0.2, 0.25) is 0 Å². The molecule has 12 aromatic carbocycles.